The zero-order chi connectivity index (χ0) is 18.9. The fourth-order valence-electron chi connectivity index (χ4n) is 2.75. The number of rotatable bonds is 8. The minimum absolute atomic E-state index is 0.247. The highest BCUT2D eigenvalue weighted by atomic mass is 19.1. The van der Waals surface area contributed by atoms with E-state index >= 15 is 0 Å². The number of pyridine rings is 1. The van der Waals surface area contributed by atoms with E-state index in [2.05, 4.69) is 10.3 Å². The van der Waals surface area contributed by atoms with E-state index in [0.29, 0.717) is 25.3 Å². The molecule has 0 saturated heterocycles. The molecule has 27 heavy (non-hydrogen) atoms. The molecule has 0 unspecified atom stereocenters. The maximum atomic E-state index is 13.9. The highest BCUT2D eigenvalue weighted by Gasteiger charge is 2.05. The number of aromatic nitrogens is 1. The number of hydrogen-bond donors (Lipinski definition) is 2. The van der Waals surface area contributed by atoms with Crippen LogP contribution in [0.25, 0.3) is 17.2 Å². The number of halogens is 1. The van der Waals surface area contributed by atoms with Crippen LogP contribution in [0, 0.1) is 5.82 Å². The Morgan fingerprint density at radius 3 is 2.74 bits per heavy atom. The predicted molar refractivity (Wildman–Crippen MR) is 106 cm³/mol. The van der Waals surface area contributed by atoms with E-state index in [1.807, 2.05) is 42.5 Å². The van der Waals surface area contributed by atoms with Crippen molar-refractivity contribution >= 4 is 6.08 Å². The average Bonchev–Trinajstić information content (AvgIpc) is 2.70. The molecule has 0 spiro atoms. The largest absolute Gasteiger partial charge is 0.492 e. The molecule has 0 bridgehead atoms. The number of para-hydroxylation sites is 1. The number of ether oxygens (including phenoxy) is 1. The number of benzene rings is 2. The highest BCUT2D eigenvalue weighted by Crippen LogP contribution is 2.22. The molecule has 2 aromatic carbocycles. The molecule has 0 aliphatic carbocycles. The summed E-state index contributed by atoms with van der Waals surface area (Å²) in [6.45, 7) is 1.82. The molecular formula is C22H22FN3O. The van der Waals surface area contributed by atoms with Crippen LogP contribution >= 0.6 is 0 Å². The van der Waals surface area contributed by atoms with Gasteiger partial charge in [-0.3, -0.25) is 4.98 Å². The molecule has 4 nitrogen and oxygen atoms in total. The minimum Gasteiger partial charge on any atom is -0.492 e. The predicted octanol–water partition coefficient (Wildman–Crippen LogP) is 3.99. The summed E-state index contributed by atoms with van der Waals surface area (Å²) in [5.74, 6) is 0.548. The van der Waals surface area contributed by atoms with Gasteiger partial charge >= 0.3 is 0 Å². The van der Waals surface area contributed by atoms with Gasteiger partial charge in [-0.15, -0.1) is 0 Å². The lowest BCUT2D eigenvalue weighted by molar-refractivity contribution is 0.313. The quantitative estimate of drug-likeness (QED) is 0.594. The van der Waals surface area contributed by atoms with E-state index in [1.165, 1.54) is 12.3 Å². The number of nitrogens with two attached hydrogens (primary N) is 1. The molecule has 1 heterocycles. The van der Waals surface area contributed by atoms with Gasteiger partial charge in [0, 0.05) is 42.2 Å². The van der Waals surface area contributed by atoms with Crippen molar-refractivity contribution in [2.24, 2.45) is 5.73 Å². The first-order chi connectivity index (χ1) is 13.3. The van der Waals surface area contributed by atoms with E-state index in [9.17, 15) is 4.39 Å². The average molecular weight is 363 g/mol. The molecule has 3 aromatic rings. The van der Waals surface area contributed by atoms with Crippen molar-refractivity contribution in [2.45, 2.75) is 6.54 Å². The summed E-state index contributed by atoms with van der Waals surface area (Å²) >= 11 is 0. The van der Waals surface area contributed by atoms with Gasteiger partial charge in [-0.2, -0.15) is 0 Å². The third-order valence-electron chi connectivity index (χ3n) is 4.04. The lowest BCUT2D eigenvalue weighted by Gasteiger charge is -2.10. The van der Waals surface area contributed by atoms with Crippen molar-refractivity contribution in [1.29, 1.82) is 0 Å². The van der Waals surface area contributed by atoms with Crippen molar-refractivity contribution in [2.75, 3.05) is 13.2 Å². The van der Waals surface area contributed by atoms with Crippen LogP contribution in [-0.2, 0) is 6.54 Å². The van der Waals surface area contributed by atoms with Crippen LogP contribution in [0.4, 0.5) is 4.39 Å². The molecule has 0 atom stereocenters. The Balaban J connectivity index is 1.52. The SMILES string of the molecule is N/C=C\c1ccccc1OCCNCc1cncc(-c2ccccc2F)c1. The van der Waals surface area contributed by atoms with Crippen molar-refractivity contribution in [3.05, 3.63) is 90.1 Å². The summed E-state index contributed by atoms with van der Waals surface area (Å²) in [7, 11) is 0. The Morgan fingerprint density at radius 1 is 1.07 bits per heavy atom. The van der Waals surface area contributed by atoms with Crippen LogP contribution in [0.3, 0.4) is 0 Å². The Kier molecular flexibility index (Phi) is 6.55. The zero-order valence-corrected chi connectivity index (χ0v) is 14.9. The van der Waals surface area contributed by atoms with Gasteiger partial charge in [-0.05, 0) is 36.0 Å². The molecule has 5 heteroatoms. The molecule has 3 rings (SSSR count). The normalized spacial score (nSPS) is 11.0. The van der Waals surface area contributed by atoms with Gasteiger partial charge in [-0.1, -0.05) is 36.4 Å². The zero-order valence-electron chi connectivity index (χ0n) is 14.9. The highest BCUT2D eigenvalue weighted by molar-refractivity contribution is 5.63. The Hall–Kier alpha value is -3.18. The van der Waals surface area contributed by atoms with Gasteiger partial charge in [0.15, 0.2) is 0 Å². The first-order valence-electron chi connectivity index (χ1n) is 8.77. The Bertz CT molecular complexity index is 911. The van der Waals surface area contributed by atoms with Gasteiger partial charge in [0.25, 0.3) is 0 Å². The van der Waals surface area contributed by atoms with Crippen molar-refractivity contribution in [1.82, 2.24) is 10.3 Å². The lowest BCUT2D eigenvalue weighted by Crippen LogP contribution is -2.20. The smallest absolute Gasteiger partial charge is 0.131 e. The summed E-state index contributed by atoms with van der Waals surface area (Å²) in [6, 6.07) is 16.4. The standard InChI is InChI=1S/C22H22FN3O/c23-21-7-3-2-6-20(21)19-13-17(15-26-16-19)14-25-11-12-27-22-8-4-1-5-18(22)9-10-24/h1-10,13,15-16,25H,11-12,14,24H2/b10-9-. The first-order valence-corrected chi connectivity index (χ1v) is 8.77. The summed E-state index contributed by atoms with van der Waals surface area (Å²) in [4.78, 5) is 4.22. The monoisotopic (exact) mass is 363 g/mol. The van der Waals surface area contributed by atoms with Crippen LogP contribution in [-0.4, -0.2) is 18.1 Å². The number of nitrogens with one attached hydrogen (secondary N) is 1. The molecule has 138 valence electrons. The van der Waals surface area contributed by atoms with Gasteiger partial charge in [0.1, 0.15) is 18.2 Å². The van der Waals surface area contributed by atoms with E-state index in [1.54, 1.807) is 24.5 Å². The maximum absolute atomic E-state index is 13.9. The molecule has 0 saturated carbocycles. The number of nitrogens with zero attached hydrogens (tertiary/aromatic N) is 1. The topological polar surface area (TPSA) is 60.2 Å². The van der Waals surface area contributed by atoms with E-state index < -0.39 is 0 Å². The second kappa shape index (κ2) is 9.50. The van der Waals surface area contributed by atoms with Gasteiger partial charge < -0.3 is 15.8 Å². The van der Waals surface area contributed by atoms with Crippen LogP contribution in [0.1, 0.15) is 11.1 Å². The second-order valence-electron chi connectivity index (χ2n) is 5.98. The van der Waals surface area contributed by atoms with E-state index in [0.717, 1.165) is 22.4 Å². The summed E-state index contributed by atoms with van der Waals surface area (Å²) in [5, 5.41) is 3.32. The van der Waals surface area contributed by atoms with Crippen LogP contribution < -0.4 is 15.8 Å². The molecule has 3 N–H and O–H groups in total. The van der Waals surface area contributed by atoms with Crippen molar-refractivity contribution < 1.29 is 9.13 Å². The molecule has 1 aromatic heterocycles. The lowest BCUT2D eigenvalue weighted by atomic mass is 10.1. The van der Waals surface area contributed by atoms with Crippen LogP contribution in [0.5, 0.6) is 5.75 Å². The molecular weight excluding hydrogens is 341 g/mol. The van der Waals surface area contributed by atoms with Crippen LogP contribution in [0.15, 0.2) is 73.2 Å². The van der Waals surface area contributed by atoms with Crippen molar-refractivity contribution in [3.8, 4) is 16.9 Å². The Labute approximate surface area is 158 Å². The first kappa shape index (κ1) is 18.6. The maximum Gasteiger partial charge on any atom is 0.131 e. The van der Waals surface area contributed by atoms with Crippen LogP contribution in [0.2, 0.25) is 0 Å². The Morgan fingerprint density at radius 2 is 1.89 bits per heavy atom. The molecule has 0 aliphatic heterocycles. The van der Waals surface area contributed by atoms with Gasteiger partial charge in [0.05, 0.1) is 0 Å². The van der Waals surface area contributed by atoms with Crippen molar-refractivity contribution in [3.63, 3.8) is 0 Å². The molecule has 0 aliphatic rings. The second-order valence-corrected chi connectivity index (χ2v) is 5.98. The fourth-order valence-corrected chi connectivity index (χ4v) is 2.75. The minimum atomic E-state index is -0.247. The molecule has 0 radical (unpaired) electrons. The molecule has 0 fully saturated rings. The third kappa shape index (κ3) is 5.15. The van der Waals surface area contributed by atoms with E-state index in [4.69, 9.17) is 10.5 Å². The molecule has 0 amide bonds. The van der Waals surface area contributed by atoms with E-state index in [-0.39, 0.29) is 5.82 Å². The summed E-state index contributed by atoms with van der Waals surface area (Å²) in [6.07, 6.45) is 6.76. The van der Waals surface area contributed by atoms with Gasteiger partial charge in [0.2, 0.25) is 0 Å². The fraction of sp³-hybridized carbons (Fsp3) is 0.136. The van der Waals surface area contributed by atoms with Gasteiger partial charge in [-0.25, -0.2) is 4.39 Å². The number of hydrogen-bond acceptors (Lipinski definition) is 4. The summed E-state index contributed by atoms with van der Waals surface area (Å²) in [5.41, 5.74) is 8.72. The third-order valence-corrected chi connectivity index (χ3v) is 4.04. The summed E-state index contributed by atoms with van der Waals surface area (Å²) < 4.78 is 19.7.